The van der Waals surface area contributed by atoms with Crippen molar-refractivity contribution >= 4 is 28.3 Å². The van der Waals surface area contributed by atoms with E-state index in [2.05, 4.69) is 25.8 Å². The Bertz CT molecular complexity index is 950. The quantitative estimate of drug-likeness (QED) is 0.764. The number of nitrogens with zero attached hydrogens (tertiary/aromatic N) is 4. The normalized spacial score (nSPS) is 17.5. The minimum Gasteiger partial charge on any atom is -0.369 e. The maximum Gasteiger partial charge on any atom is 0.270 e. The van der Waals surface area contributed by atoms with Crippen LogP contribution >= 0.6 is 0 Å². The first-order valence-electron chi connectivity index (χ1n) is 10.1. The summed E-state index contributed by atoms with van der Waals surface area (Å²) in [4.78, 5) is 27.6. The lowest BCUT2D eigenvalue weighted by Crippen LogP contribution is -2.49. The van der Waals surface area contributed by atoms with Gasteiger partial charge in [-0.25, -0.2) is 4.98 Å². The van der Waals surface area contributed by atoms with Crippen LogP contribution in [0.1, 0.15) is 23.3 Å². The Morgan fingerprint density at radius 2 is 1.68 bits per heavy atom. The van der Waals surface area contributed by atoms with Crippen molar-refractivity contribution in [1.29, 1.82) is 0 Å². The lowest BCUT2D eigenvalue weighted by Gasteiger charge is -2.37. The fourth-order valence-corrected chi connectivity index (χ4v) is 4.32. The summed E-state index contributed by atoms with van der Waals surface area (Å²) in [6.45, 7) is 5.26. The fraction of sp³-hybridized carbons (Fsp3) is 0.364. The zero-order chi connectivity index (χ0) is 18.9. The summed E-state index contributed by atoms with van der Waals surface area (Å²) in [7, 11) is 0. The van der Waals surface area contributed by atoms with Crippen LogP contribution in [0.25, 0.3) is 10.9 Å². The summed E-state index contributed by atoms with van der Waals surface area (Å²) in [5.41, 5.74) is 2.91. The van der Waals surface area contributed by atoms with E-state index in [1.165, 1.54) is 18.5 Å². The number of hydrogen-bond donors (Lipinski definition) is 1. The smallest absolute Gasteiger partial charge is 0.270 e. The summed E-state index contributed by atoms with van der Waals surface area (Å²) >= 11 is 0. The highest BCUT2D eigenvalue weighted by molar-refractivity contribution is 5.98. The van der Waals surface area contributed by atoms with E-state index in [1.54, 1.807) is 0 Å². The molecule has 4 heterocycles. The van der Waals surface area contributed by atoms with Crippen LogP contribution in [0.5, 0.6) is 0 Å². The largest absolute Gasteiger partial charge is 0.369 e. The molecule has 0 radical (unpaired) electrons. The van der Waals surface area contributed by atoms with Gasteiger partial charge in [-0.3, -0.25) is 4.79 Å². The maximum atomic E-state index is 12.9. The van der Waals surface area contributed by atoms with Crippen LogP contribution in [0.3, 0.4) is 0 Å². The molecule has 5 rings (SSSR count). The van der Waals surface area contributed by atoms with E-state index in [0.29, 0.717) is 18.8 Å². The van der Waals surface area contributed by atoms with E-state index in [4.69, 9.17) is 0 Å². The molecule has 2 aliphatic heterocycles. The van der Waals surface area contributed by atoms with E-state index in [-0.39, 0.29) is 5.91 Å². The lowest BCUT2D eigenvalue weighted by molar-refractivity contribution is 0.0741. The zero-order valence-electron chi connectivity index (χ0n) is 16.0. The Kier molecular flexibility index (Phi) is 4.39. The number of carbonyl (C=O) groups is 1. The number of carbonyl (C=O) groups excluding carboxylic acids is 1. The standard InChI is InChI=1S/C22H25N5O/c28-22(19-16-17-6-1-2-7-18(17)24-19)27-14-12-26(13-15-27)21-20(8-5-9-23-21)25-10-3-4-11-25/h1-2,5-9,16,24H,3-4,10-15H2. The molecule has 6 heteroatoms. The number of piperazine rings is 1. The maximum absolute atomic E-state index is 12.9. The highest BCUT2D eigenvalue weighted by Gasteiger charge is 2.26. The summed E-state index contributed by atoms with van der Waals surface area (Å²) in [5, 5.41) is 1.08. The second-order valence-corrected chi connectivity index (χ2v) is 7.59. The molecule has 0 atom stereocenters. The fourth-order valence-electron chi connectivity index (χ4n) is 4.32. The molecule has 0 unspecified atom stereocenters. The van der Waals surface area contributed by atoms with E-state index < -0.39 is 0 Å². The minimum absolute atomic E-state index is 0.0802. The van der Waals surface area contributed by atoms with Gasteiger partial charge >= 0.3 is 0 Å². The summed E-state index contributed by atoms with van der Waals surface area (Å²) in [6, 6.07) is 14.2. The van der Waals surface area contributed by atoms with E-state index in [9.17, 15) is 4.79 Å². The molecule has 28 heavy (non-hydrogen) atoms. The monoisotopic (exact) mass is 375 g/mol. The van der Waals surface area contributed by atoms with Crippen LogP contribution in [0.4, 0.5) is 11.5 Å². The Hall–Kier alpha value is -3.02. The van der Waals surface area contributed by atoms with Gasteiger partial charge in [0, 0.05) is 56.4 Å². The lowest BCUT2D eigenvalue weighted by atomic mass is 10.2. The first kappa shape index (κ1) is 17.1. The number of H-pyrrole nitrogens is 1. The SMILES string of the molecule is O=C(c1cc2ccccc2[nH]1)N1CCN(c2ncccc2N2CCCC2)CC1. The Labute approximate surface area is 164 Å². The van der Waals surface area contributed by atoms with Crippen molar-refractivity contribution in [3.63, 3.8) is 0 Å². The van der Waals surface area contributed by atoms with Gasteiger partial charge in [0.05, 0.1) is 5.69 Å². The molecule has 1 amide bonds. The van der Waals surface area contributed by atoms with E-state index in [1.807, 2.05) is 47.5 Å². The van der Waals surface area contributed by atoms with Gasteiger partial charge in [-0.1, -0.05) is 18.2 Å². The molecule has 2 saturated heterocycles. The first-order valence-corrected chi connectivity index (χ1v) is 10.1. The van der Waals surface area contributed by atoms with Gasteiger partial charge in [-0.15, -0.1) is 0 Å². The molecular weight excluding hydrogens is 350 g/mol. The van der Waals surface area contributed by atoms with E-state index in [0.717, 1.165) is 42.9 Å². The number of fused-ring (bicyclic) bond motifs is 1. The molecular formula is C22H25N5O. The number of amides is 1. The number of rotatable bonds is 3. The summed E-state index contributed by atoms with van der Waals surface area (Å²) < 4.78 is 0. The number of aromatic amines is 1. The van der Waals surface area contributed by atoms with Gasteiger partial charge in [0.25, 0.3) is 5.91 Å². The zero-order valence-corrected chi connectivity index (χ0v) is 16.0. The summed E-state index contributed by atoms with van der Waals surface area (Å²) in [6.07, 6.45) is 4.37. The van der Waals surface area contributed by atoms with E-state index >= 15 is 0 Å². The molecule has 2 aliphatic rings. The van der Waals surface area contributed by atoms with Crippen LogP contribution in [0.15, 0.2) is 48.7 Å². The minimum atomic E-state index is 0.0802. The predicted molar refractivity (Wildman–Crippen MR) is 112 cm³/mol. The molecule has 0 aliphatic carbocycles. The Morgan fingerprint density at radius 1 is 0.893 bits per heavy atom. The van der Waals surface area contributed by atoms with Crippen LogP contribution in [-0.4, -0.2) is 60.0 Å². The molecule has 0 spiro atoms. The molecule has 3 aromatic rings. The highest BCUT2D eigenvalue weighted by atomic mass is 16.2. The van der Waals surface area contributed by atoms with Crippen LogP contribution < -0.4 is 9.80 Å². The number of anilines is 2. The molecule has 144 valence electrons. The number of pyridine rings is 1. The van der Waals surface area contributed by atoms with Gasteiger partial charge in [-0.05, 0) is 37.1 Å². The number of nitrogens with one attached hydrogen (secondary N) is 1. The van der Waals surface area contributed by atoms with Gasteiger partial charge in [0.1, 0.15) is 5.69 Å². The highest BCUT2D eigenvalue weighted by Crippen LogP contribution is 2.30. The van der Waals surface area contributed by atoms with Crippen molar-refractivity contribution in [2.24, 2.45) is 0 Å². The third-order valence-corrected chi connectivity index (χ3v) is 5.84. The third kappa shape index (κ3) is 3.09. The van der Waals surface area contributed by atoms with Gasteiger partial charge < -0.3 is 19.7 Å². The molecule has 2 aromatic heterocycles. The second kappa shape index (κ2) is 7.19. The average Bonchev–Trinajstić information content (AvgIpc) is 3.43. The first-order chi connectivity index (χ1) is 13.8. The number of aromatic nitrogens is 2. The average molecular weight is 375 g/mol. The topological polar surface area (TPSA) is 55.5 Å². The number of para-hydroxylation sites is 1. The Balaban J connectivity index is 1.29. The van der Waals surface area contributed by atoms with Crippen molar-refractivity contribution in [3.05, 3.63) is 54.4 Å². The third-order valence-electron chi connectivity index (χ3n) is 5.84. The van der Waals surface area contributed by atoms with Crippen LogP contribution in [0, 0.1) is 0 Å². The molecule has 0 saturated carbocycles. The van der Waals surface area contributed by atoms with Crippen molar-refractivity contribution < 1.29 is 4.79 Å². The van der Waals surface area contributed by atoms with Crippen LogP contribution in [0.2, 0.25) is 0 Å². The van der Waals surface area contributed by atoms with Gasteiger partial charge in [0.2, 0.25) is 0 Å². The molecule has 1 N–H and O–H groups in total. The van der Waals surface area contributed by atoms with Gasteiger partial charge in [-0.2, -0.15) is 0 Å². The molecule has 6 nitrogen and oxygen atoms in total. The summed E-state index contributed by atoms with van der Waals surface area (Å²) in [5.74, 6) is 1.14. The van der Waals surface area contributed by atoms with Gasteiger partial charge in [0.15, 0.2) is 5.82 Å². The van der Waals surface area contributed by atoms with Crippen LogP contribution in [-0.2, 0) is 0 Å². The predicted octanol–water partition coefficient (Wildman–Crippen LogP) is 3.13. The second-order valence-electron chi connectivity index (χ2n) is 7.59. The van der Waals surface area contributed by atoms with Crippen molar-refractivity contribution in [2.75, 3.05) is 49.1 Å². The molecule has 1 aromatic carbocycles. The molecule has 0 bridgehead atoms. The number of benzene rings is 1. The van der Waals surface area contributed by atoms with Crippen molar-refractivity contribution in [2.45, 2.75) is 12.8 Å². The number of hydrogen-bond acceptors (Lipinski definition) is 4. The van der Waals surface area contributed by atoms with Crippen molar-refractivity contribution in [3.8, 4) is 0 Å². The van der Waals surface area contributed by atoms with Crippen molar-refractivity contribution in [1.82, 2.24) is 14.9 Å². The molecule has 2 fully saturated rings. The Morgan fingerprint density at radius 3 is 2.46 bits per heavy atom.